The van der Waals surface area contributed by atoms with Crippen molar-refractivity contribution in [1.82, 2.24) is 5.32 Å². The van der Waals surface area contributed by atoms with E-state index in [4.69, 9.17) is 32.7 Å². The van der Waals surface area contributed by atoms with Crippen LogP contribution in [0.15, 0.2) is 12.1 Å². The Bertz CT molecular complexity index is 520. The highest BCUT2D eigenvalue weighted by Crippen LogP contribution is 2.34. The summed E-state index contributed by atoms with van der Waals surface area (Å²) in [5, 5.41) is 4.27. The molecule has 0 saturated carbocycles. The summed E-state index contributed by atoms with van der Waals surface area (Å²) in [6, 6.07) is 3.42. The SMILES string of the molecule is CC(C)CNCc1cc(Cl)cc(Cl)c1OC1CCOC1=O. The first kappa shape index (κ1) is 16.4. The van der Waals surface area contributed by atoms with Gasteiger partial charge in [-0.2, -0.15) is 0 Å². The molecule has 1 fully saturated rings. The van der Waals surface area contributed by atoms with Gasteiger partial charge in [0.05, 0.1) is 11.6 Å². The van der Waals surface area contributed by atoms with Gasteiger partial charge in [-0.3, -0.25) is 0 Å². The van der Waals surface area contributed by atoms with Crippen molar-refractivity contribution in [3.05, 3.63) is 27.7 Å². The molecule has 0 aromatic heterocycles. The standard InChI is InChI=1S/C15H19Cl2NO3/c1-9(2)7-18-8-10-5-11(16)6-12(17)14(10)21-13-3-4-20-15(13)19/h5-6,9,13,18H,3-4,7-8H2,1-2H3. The molecule has 1 atom stereocenters. The number of esters is 1. The number of nitrogens with one attached hydrogen (secondary N) is 1. The summed E-state index contributed by atoms with van der Waals surface area (Å²) >= 11 is 12.3. The van der Waals surface area contributed by atoms with E-state index in [9.17, 15) is 4.79 Å². The van der Waals surface area contributed by atoms with Gasteiger partial charge in [0, 0.05) is 23.6 Å². The van der Waals surface area contributed by atoms with Crippen LogP contribution in [-0.2, 0) is 16.1 Å². The van der Waals surface area contributed by atoms with Crippen molar-refractivity contribution in [1.29, 1.82) is 0 Å². The summed E-state index contributed by atoms with van der Waals surface area (Å²) in [5.74, 6) is 0.692. The number of carbonyl (C=O) groups excluding carboxylic acids is 1. The van der Waals surface area contributed by atoms with Crippen molar-refractivity contribution in [2.24, 2.45) is 5.92 Å². The van der Waals surface area contributed by atoms with E-state index in [1.54, 1.807) is 12.1 Å². The van der Waals surface area contributed by atoms with E-state index in [2.05, 4.69) is 19.2 Å². The molecule has 1 aliphatic heterocycles. The summed E-state index contributed by atoms with van der Waals surface area (Å²) < 4.78 is 10.7. The molecule has 1 unspecified atom stereocenters. The Morgan fingerprint density at radius 3 is 2.81 bits per heavy atom. The Kier molecular flexibility index (Phi) is 5.73. The maximum Gasteiger partial charge on any atom is 0.347 e. The van der Waals surface area contributed by atoms with Crippen LogP contribution in [0.3, 0.4) is 0 Å². The fourth-order valence-corrected chi connectivity index (χ4v) is 2.68. The maximum atomic E-state index is 11.5. The molecule has 0 aliphatic carbocycles. The van der Waals surface area contributed by atoms with Gasteiger partial charge >= 0.3 is 5.97 Å². The topological polar surface area (TPSA) is 47.6 Å². The molecule has 116 valence electrons. The lowest BCUT2D eigenvalue weighted by Crippen LogP contribution is -2.24. The van der Waals surface area contributed by atoms with Crippen LogP contribution in [-0.4, -0.2) is 25.2 Å². The van der Waals surface area contributed by atoms with Crippen LogP contribution in [0.5, 0.6) is 5.75 Å². The highest BCUT2D eigenvalue weighted by molar-refractivity contribution is 6.35. The van der Waals surface area contributed by atoms with Crippen LogP contribution >= 0.6 is 23.2 Å². The monoisotopic (exact) mass is 331 g/mol. The molecule has 1 N–H and O–H groups in total. The normalized spacial score (nSPS) is 18.1. The molecule has 0 amide bonds. The third-order valence-electron chi connectivity index (χ3n) is 3.10. The third-order valence-corrected chi connectivity index (χ3v) is 3.60. The van der Waals surface area contributed by atoms with Gasteiger partial charge in [0.25, 0.3) is 0 Å². The van der Waals surface area contributed by atoms with Gasteiger partial charge in [-0.1, -0.05) is 37.0 Å². The molecule has 0 bridgehead atoms. The van der Waals surface area contributed by atoms with E-state index in [0.717, 1.165) is 12.1 Å². The predicted molar refractivity (Wildman–Crippen MR) is 83.0 cm³/mol. The Hall–Kier alpha value is -0.970. The maximum absolute atomic E-state index is 11.5. The number of hydrogen-bond donors (Lipinski definition) is 1. The molecule has 1 aliphatic rings. The summed E-state index contributed by atoms with van der Waals surface area (Å²) in [5.41, 5.74) is 0.841. The molecule has 1 heterocycles. The Balaban J connectivity index is 2.15. The molecule has 1 aromatic rings. The second-order valence-corrected chi connectivity index (χ2v) is 6.31. The zero-order valence-corrected chi connectivity index (χ0v) is 13.6. The fourth-order valence-electron chi connectivity index (χ4n) is 2.10. The molecule has 0 radical (unpaired) electrons. The summed E-state index contributed by atoms with van der Waals surface area (Å²) in [6.45, 7) is 6.09. The molecule has 1 aromatic carbocycles. The number of rotatable bonds is 6. The quantitative estimate of drug-likeness (QED) is 0.811. The van der Waals surface area contributed by atoms with Gasteiger partial charge < -0.3 is 14.8 Å². The number of hydrogen-bond acceptors (Lipinski definition) is 4. The first-order valence-electron chi connectivity index (χ1n) is 6.99. The summed E-state index contributed by atoms with van der Waals surface area (Å²) in [7, 11) is 0. The number of cyclic esters (lactones) is 1. The zero-order chi connectivity index (χ0) is 15.4. The van der Waals surface area contributed by atoms with Crippen LogP contribution in [0.1, 0.15) is 25.8 Å². The Morgan fingerprint density at radius 1 is 1.43 bits per heavy atom. The fraction of sp³-hybridized carbons (Fsp3) is 0.533. The van der Waals surface area contributed by atoms with Gasteiger partial charge in [-0.25, -0.2) is 4.79 Å². The largest absolute Gasteiger partial charge is 0.477 e. The van der Waals surface area contributed by atoms with Gasteiger partial charge in [0.2, 0.25) is 0 Å². The highest BCUT2D eigenvalue weighted by Gasteiger charge is 2.29. The molecular weight excluding hydrogens is 313 g/mol. The lowest BCUT2D eigenvalue weighted by Gasteiger charge is -2.17. The third kappa shape index (κ3) is 4.50. The van der Waals surface area contributed by atoms with Crippen LogP contribution in [0.4, 0.5) is 0 Å². The van der Waals surface area contributed by atoms with Gasteiger partial charge in [-0.05, 0) is 24.6 Å². The van der Waals surface area contributed by atoms with Gasteiger partial charge in [0.1, 0.15) is 5.75 Å². The minimum atomic E-state index is -0.590. The molecule has 21 heavy (non-hydrogen) atoms. The van der Waals surface area contributed by atoms with Crippen molar-refractivity contribution >= 4 is 29.2 Å². The summed E-state index contributed by atoms with van der Waals surface area (Å²) in [4.78, 5) is 11.5. The second-order valence-electron chi connectivity index (χ2n) is 5.46. The average molecular weight is 332 g/mol. The first-order valence-corrected chi connectivity index (χ1v) is 7.75. The minimum absolute atomic E-state index is 0.345. The lowest BCUT2D eigenvalue weighted by molar-refractivity contribution is -0.143. The average Bonchev–Trinajstić information content (AvgIpc) is 2.78. The van der Waals surface area contributed by atoms with E-state index in [1.165, 1.54) is 0 Å². The number of carbonyl (C=O) groups is 1. The van der Waals surface area contributed by atoms with Crippen LogP contribution < -0.4 is 10.1 Å². The predicted octanol–water partition coefficient (Wildman–Crippen LogP) is 3.43. The minimum Gasteiger partial charge on any atom is -0.477 e. The highest BCUT2D eigenvalue weighted by atomic mass is 35.5. The van der Waals surface area contributed by atoms with Crippen LogP contribution in [0, 0.1) is 5.92 Å². The van der Waals surface area contributed by atoms with E-state index >= 15 is 0 Å². The zero-order valence-electron chi connectivity index (χ0n) is 12.1. The van der Waals surface area contributed by atoms with E-state index < -0.39 is 6.10 Å². The lowest BCUT2D eigenvalue weighted by atomic mass is 10.1. The van der Waals surface area contributed by atoms with Crippen molar-refractivity contribution in [2.45, 2.75) is 32.9 Å². The Labute approximate surface area is 134 Å². The van der Waals surface area contributed by atoms with Crippen LogP contribution in [0.25, 0.3) is 0 Å². The number of ether oxygens (including phenoxy) is 2. The smallest absolute Gasteiger partial charge is 0.347 e. The van der Waals surface area contributed by atoms with E-state index in [1.807, 2.05) is 0 Å². The molecule has 0 spiro atoms. The van der Waals surface area contributed by atoms with E-state index in [0.29, 0.717) is 41.3 Å². The first-order chi connectivity index (χ1) is 9.97. The second kappa shape index (κ2) is 7.34. The van der Waals surface area contributed by atoms with Gasteiger partial charge in [-0.15, -0.1) is 0 Å². The van der Waals surface area contributed by atoms with Crippen LogP contribution in [0.2, 0.25) is 10.0 Å². The molecular formula is C15H19Cl2NO3. The van der Waals surface area contributed by atoms with E-state index in [-0.39, 0.29) is 5.97 Å². The number of benzene rings is 1. The summed E-state index contributed by atoms with van der Waals surface area (Å²) in [6.07, 6.45) is -0.0519. The van der Waals surface area contributed by atoms with Crippen molar-refractivity contribution < 1.29 is 14.3 Å². The Morgan fingerprint density at radius 2 is 2.19 bits per heavy atom. The van der Waals surface area contributed by atoms with Crippen molar-refractivity contribution in [2.75, 3.05) is 13.2 Å². The molecule has 6 heteroatoms. The number of halogens is 2. The van der Waals surface area contributed by atoms with Crippen molar-refractivity contribution in [3.63, 3.8) is 0 Å². The molecule has 4 nitrogen and oxygen atoms in total. The van der Waals surface area contributed by atoms with Gasteiger partial charge in [0.15, 0.2) is 6.10 Å². The van der Waals surface area contributed by atoms with Crippen molar-refractivity contribution in [3.8, 4) is 5.75 Å². The molecule has 1 saturated heterocycles. The molecule has 2 rings (SSSR count).